The summed E-state index contributed by atoms with van der Waals surface area (Å²) in [7, 11) is 1.93. The van der Waals surface area contributed by atoms with E-state index in [1.807, 2.05) is 67.8 Å². The van der Waals surface area contributed by atoms with Gasteiger partial charge in [-0.2, -0.15) is 4.68 Å². The summed E-state index contributed by atoms with van der Waals surface area (Å²) in [4.78, 5) is 12.1. The molecule has 0 aliphatic heterocycles. The Morgan fingerprint density at radius 1 is 1.26 bits per heavy atom. The second-order valence-electron chi connectivity index (χ2n) is 4.99. The number of aryl methyl sites for hydroxylation is 4. The van der Waals surface area contributed by atoms with Crippen LogP contribution < -0.4 is 10.00 Å². The van der Waals surface area contributed by atoms with Gasteiger partial charge in [0, 0.05) is 11.3 Å². The molecule has 1 aromatic carbocycles. The van der Waals surface area contributed by atoms with Crippen molar-refractivity contribution < 1.29 is 9.48 Å². The highest BCUT2D eigenvalue weighted by molar-refractivity contribution is 5.92. The van der Waals surface area contributed by atoms with Crippen LogP contribution in [0.3, 0.4) is 0 Å². The largest absolute Gasteiger partial charge is 0.324 e. The first-order chi connectivity index (χ1) is 8.97. The van der Waals surface area contributed by atoms with Crippen molar-refractivity contribution in [1.82, 2.24) is 4.68 Å². The van der Waals surface area contributed by atoms with Crippen molar-refractivity contribution in [3.8, 4) is 0 Å². The molecule has 1 amide bonds. The van der Waals surface area contributed by atoms with Crippen molar-refractivity contribution in [1.29, 1.82) is 0 Å². The van der Waals surface area contributed by atoms with E-state index >= 15 is 0 Å². The summed E-state index contributed by atoms with van der Waals surface area (Å²) in [5.74, 6) is -0.0106. The number of carbonyl (C=O) groups is 1. The molecule has 1 heterocycles. The number of hydrogen-bond donors (Lipinski definition) is 1. The van der Waals surface area contributed by atoms with Gasteiger partial charge in [0.25, 0.3) is 0 Å². The number of benzene rings is 1. The summed E-state index contributed by atoms with van der Waals surface area (Å²) in [5.41, 5.74) is 4.23. The van der Waals surface area contributed by atoms with E-state index in [-0.39, 0.29) is 5.91 Å². The highest BCUT2D eigenvalue weighted by Crippen LogP contribution is 2.19. The van der Waals surface area contributed by atoms with Crippen LogP contribution in [0.25, 0.3) is 0 Å². The second-order valence-corrected chi connectivity index (χ2v) is 4.99. The van der Waals surface area contributed by atoms with Gasteiger partial charge < -0.3 is 5.32 Å². The third-order valence-electron chi connectivity index (χ3n) is 3.20. The molecule has 1 aromatic heterocycles. The Labute approximate surface area is 113 Å². The summed E-state index contributed by atoms with van der Waals surface area (Å²) < 4.78 is 3.80. The Morgan fingerprint density at radius 2 is 1.89 bits per heavy atom. The molecule has 0 radical (unpaired) electrons. The van der Waals surface area contributed by atoms with E-state index < -0.39 is 0 Å². The molecule has 1 N–H and O–H groups in total. The summed E-state index contributed by atoms with van der Waals surface area (Å²) in [6, 6.07) is 6.00. The van der Waals surface area contributed by atoms with Crippen LogP contribution in [-0.4, -0.2) is 10.6 Å². The van der Waals surface area contributed by atoms with Crippen LogP contribution in [0.2, 0.25) is 0 Å². The Bertz CT molecular complexity index is 594. The summed E-state index contributed by atoms with van der Waals surface area (Å²) in [5, 5.41) is 2.99. The molecule has 0 atom stereocenters. The maximum absolute atomic E-state index is 12.1. The quantitative estimate of drug-likeness (QED) is 0.839. The molecule has 0 aliphatic carbocycles. The van der Waals surface area contributed by atoms with Gasteiger partial charge in [-0.25, -0.2) is 0 Å². The van der Waals surface area contributed by atoms with Crippen molar-refractivity contribution in [2.24, 2.45) is 7.05 Å². The molecule has 0 unspecified atom stereocenters. The third-order valence-corrected chi connectivity index (χ3v) is 3.20. The summed E-state index contributed by atoms with van der Waals surface area (Å²) in [6.07, 6.45) is 3.95. The number of carbonyl (C=O) groups excluding carboxylic acids is 1. The SMILES string of the molecule is Cc1cn(CC(=O)Nc2c(C)cccc2C)[n+](C)c1. The van der Waals surface area contributed by atoms with E-state index in [4.69, 9.17) is 0 Å². The molecule has 0 bridgehead atoms. The minimum atomic E-state index is -0.0106. The van der Waals surface area contributed by atoms with Crippen molar-refractivity contribution in [2.75, 3.05) is 5.32 Å². The fourth-order valence-corrected chi connectivity index (χ4v) is 2.22. The van der Waals surface area contributed by atoms with Gasteiger partial charge in [-0.15, -0.1) is 4.68 Å². The zero-order chi connectivity index (χ0) is 14.0. The zero-order valence-electron chi connectivity index (χ0n) is 11.9. The van der Waals surface area contributed by atoms with Crippen LogP contribution in [0.1, 0.15) is 16.7 Å². The van der Waals surface area contributed by atoms with Crippen LogP contribution in [-0.2, 0) is 18.4 Å². The number of hydrogen-bond acceptors (Lipinski definition) is 1. The predicted molar refractivity (Wildman–Crippen MR) is 74.9 cm³/mol. The second kappa shape index (κ2) is 5.26. The first-order valence-corrected chi connectivity index (χ1v) is 6.36. The minimum Gasteiger partial charge on any atom is -0.324 e. The van der Waals surface area contributed by atoms with Crippen LogP contribution in [0.15, 0.2) is 30.6 Å². The Balaban J connectivity index is 2.12. The van der Waals surface area contributed by atoms with E-state index in [0.717, 1.165) is 22.4 Å². The molecule has 0 spiro atoms. The van der Waals surface area contributed by atoms with Gasteiger partial charge >= 0.3 is 0 Å². The Hall–Kier alpha value is -2.10. The van der Waals surface area contributed by atoms with Gasteiger partial charge in [-0.05, 0) is 31.9 Å². The first kappa shape index (κ1) is 13.3. The van der Waals surface area contributed by atoms with Gasteiger partial charge in [-0.3, -0.25) is 4.79 Å². The highest BCUT2D eigenvalue weighted by Gasteiger charge is 2.12. The molecule has 2 aromatic rings. The summed E-state index contributed by atoms with van der Waals surface area (Å²) >= 11 is 0. The Morgan fingerprint density at radius 3 is 2.42 bits per heavy atom. The molecule has 19 heavy (non-hydrogen) atoms. The minimum absolute atomic E-state index is 0.0106. The molecular weight excluding hydrogens is 238 g/mol. The standard InChI is InChI=1S/C15H19N3O/c1-11-8-17(4)18(9-11)10-14(19)16-15-12(2)6-5-7-13(15)3/h5-9H,10H2,1-4H3/p+1. The number of rotatable bonds is 3. The smallest absolute Gasteiger partial charge is 0.250 e. The molecule has 0 fully saturated rings. The molecule has 0 saturated heterocycles. The molecule has 100 valence electrons. The lowest BCUT2D eigenvalue weighted by molar-refractivity contribution is -0.752. The normalized spacial score (nSPS) is 10.5. The van der Waals surface area contributed by atoms with Crippen LogP contribution in [0.4, 0.5) is 5.69 Å². The molecule has 0 aliphatic rings. The molecule has 2 rings (SSSR count). The first-order valence-electron chi connectivity index (χ1n) is 6.36. The van der Waals surface area contributed by atoms with Gasteiger partial charge in [0.05, 0.1) is 6.20 Å². The van der Waals surface area contributed by atoms with Crippen molar-refractivity contribution in [3.05, 3.63) is 47.3 Å². The molecule has 4 nitrogen and oxygen atoms in total. The highest BCUT2D eigenvalue weighted by atomic mass is 16.2. The van der Waals surface area contributed by atoms with E-state index in [2.05, 4.69) is 5.32 Å². The van der Waals surface area contributed by atoms with Crippen LogP contribution >= 0.6 is 0 Å². The van der Waals surface area contributed by atoms with Crippen LogP contribution in [0.5, 0.6) is 0 Å². The van der Waals surface area contributed by atoms with Crippen molar-refractivity contribution in [2.45, 2.75) is 27.3 Å². The fourth-order valence-electron chi connectivity index (χ4n) is 2.22. The molecule has 0 saturated carbocycles. The number of aromatic nitrogens is 2. The van der Waals surface area contributed by atoms with Gasteiger partial charge in [0.1, 0.15) is 0 Å². The zero-order valence-corrected chi connectivity index (χ0v) is 11.9. The van der Waals surface area contributed by atoms with E-state index in [9.17, 15) is 4.79 Å². The lowest BCUT2D eigenvalue weighted by atomic mass is 10.1. The molecule has 4 heteroatoms. The van der Waals surface area contributed by atoms with Crippen LogP contribution in [0, 0.1) is 20.8 Å². The fraction of sp³-hybridized carbons (Fsp3) is 0.333. The molecular formula is C15H20N3O+. The van der Waals surface area contributed by atoms with Gasteiger partial charge in [0.15, 0.2) is 19.8 Å². The van der Waals surface area contributed by atoms with E-state index in [1.165, 1.54) is 0 Å². The number of anilines is 1. The summed E-state index contributed by atoms with van der Waals surface area (Å²) in [6.45, 7) is 6.34. The maximum atomic E-state index is 12.1. The lowest BCUT2D eigenvalue weighted by Gasteiger charge is -2.11. The maximum Gasteiger partial charge on any atom is 0.250 e. The predicted octanol–water partition coefficient (Wildman–Crippen LogP) is 1.88. The monoisotopic (exact) mass is 258 g/mol. The van der Waals surface area contributed by atoms with Crippen molar-refractivity contribution in [3.63, 3.8) is 0 Å². The average Bonchev–Trinajstić information content (AvgIpc) is 2.63. The average molecular weight is 258 g/mol. The van der Waals surface area contributed by atoms with E-state index in [1.54, 1.807) is 0 Å². The lowest BCUT2D eigenvalue weighted by Crippen LogP contribution is -2.40. The van der Waals surface area contributed by atoms with Crippen molar-refractivity contribution >= 4 is 11.6 Å². The van der Waals surface area contributed by atoms with E-state index in [0.29, 0.717) is 6.54 Å². The van der Waals surface area contributed by atoms with Gasteiger partial charge in [0.2, 0.25) is 5.91 Å². The number of nitrogens with one attached hydrogen (secondary N) is 1. The number of para-hydroxylation sites is 1. The topological polar surface area (TPSA) is 37.9 Å². The number of nitrogens with zero attached hydrogens (tertiary/aromatic N) is 2. The van der Waals surface area contributed by atoms with Gasteiger partial charge in [-0.1, -0.05) is 18.2 Å². The Kier molecular flexibility index (Phi) is 3.69. The number of amides is 1. The third kappa shape index (κ3) is 3.02.